The van der Waals surface area contributed by atoms with E-state index in [0.29, 0.717) is 6.54 Å². The van der Waals surface area contributed by atoms with Crippen LogP contribution in [-0.4, -0.2) is 49.3 Å². The molecule has 1 aliphatic heterocycles. The molecule has 0 radical (unpaired) electrons. The van der Waals surface area contributed by atoms with Gasteiger partial charge >= 0.3 is 0 Å². The summed E-state index contributed by atoms with van der Waals surface area (Å²) in [5.74, 6) is 1.47. The van der Waals surface area contributed by atoms with Crippen LogP contribution in [0.4, 0.5) is 0 Å². The van der Waals surface area contributed by atoms with Crippen molar-refractivity contribution in [1.29, 1.82) is 0 Å². The van der Waals surface area contributed by atoms with Crippen LogP contribution in [0, 0.1) is 11.8 Å². The summed E-state index contributed by atoms with van der Waals surface area (Å²) in [4.78, 5) is 2.67. The molecule has 120 valence electrons. The van der Waals surface area contributed by atoms with E-state index in [1.165, 1.54) is 23.5 Å². The van der Waals surface area contributed by atoms with Crippen LogP contribution in [0.15, 0.2) is 17.3 Å². The zero-order valence-corrected chi connectivity index (χ0v) is 13.9. The molecule has 0 amide bonds. The summed E-state index contributed by atoms with van der Waals surface area (Å²) in [6.45, 7) is 8.24. The van der Waals surface area contributed by atoms with E-state index in [0.717, 1.165) is 37.9 Å². The molecule has 1 aromatic heterocycles. The minimum Gasteiger partial charge on any atom is -0.303 e. The lowest BCUT2D eigenvalue weighted by atomic mass is 9.92. The number of rotatable bonds is 6. The lowest BCUT2D eigenvalue weighted by molar-refractivity contribution is 0.140. The van der Waals surface area contributed by atoms with Gasteiger partial charge in [-0.3, -0.25) is 4.68 Å². The highest BCUT2D eigenvalue weighted by Crippen LogP contribution is 2.20. The van der Waals surface area contributed by atoms with Gasteiger partial charge in [0.25, 0.3) is 0 Å². The second kappa shape index (κ2) is 6.89. The summed E-state index contributed by atoms with van der Waals surface area (Å²) >= 11 is 0. The zero-order chi connectivity index (χ0) is 15.5. The van der Waals surface area contributed by atoms with Crippen molar-refractivity contribution in [2.24, 2.45) is 18.9 Å². The van der Waals surface area contributed by atoms with Gasteiger partial charge < -0.3 is 4.90 Å². The second-order valence-electron chi connectivity index (χ2n) is 6.31. The number of hydrogen-bond acceptors (Lipinski definition) is 4. The molecular formula is C14H26N4O2S. The smallest absolute Gasteiger partial charge is 0.243 e. The molecular weight excluding hydrogens is 288 g/mol. The lowest BCUT2D eigenvalue weighted by Gasteiger charge is -2.34. The van der Waals surface area contributed by atoms with E-state index < -0.39 is 10.0 Å². The SMILES string of the molecule is C[C@@H]1C[C@@H](C)CN(CCCNS(=O)(=O)c2cnn(C)c2)C1. The number of nitrogens with one attached hydrogen (secondary N) is 1. The maximum absolute atomic E-state index is 12.0. The number of aryl methyl sites for hydroxylation is 1. The molecule has 0 bridgehead atoms. The average molecular weight is 314 g/mol. The van der Waals surface area contributed by atoms with Gasteiger partial charge in [0.1, 0.15) is 4.90 Å². The van der Waals surface area contributed by atoms with Crippen molar-refractivity contribution in [3.05, 3.63) is 12.4 Å². The van der Waals surface area contributed by atoms with Crippen molar-refractivity contribution in [3.8, 4) is 0 Å². The van der Waals surface area contributed by atoms with Gasteiger partial charge in [0, 0.05) is 32.9 Å². The fraction of sp³-hybridized carbons (Fsp3) is 0.786. The van der Waals surface area contributed by atoms with Gasteiger partial charge in [-0.1, -0.05) is 13.8 Å². The second-order valence-corrected chi connectivity index (χ2v) is 8.07. The van der Waals surface area contributed by atoms with E-state index in [4.69, 9.17) is 0 Å². The molecule has 21 heavy (non-hydrogen) atoms. The molecule has 1 aromatic rings. The summed E-state index contributed by atoms with van der Waals surface area (Å²) in [7, 11) is -1.71. The molecule has 0 unspecified atom stereocenters. The van der Waals surface area contributed by atoms with Gasteiger partial charge in [-0.25, -0.2) is 13.1 Å². The summed E-state index contributed by atoms with van der Waals surface area (Å²) in [6.07, 6.45) is 5.01. The first kappa shape index (κ1) is 16.5. The number of aromatic nitrogens is 2. The molecule has 0 aromatic carbocycles. The normalized spacial score (nSPS) is 24.3. The molecule has 2 atom stereocenters. The lowest BCUT2D eigenvalue weighted by Crippen LogP contribution is -2.40. The minimum absolute atomic E-state index is 0.227. The number of sulfonamides is 1. The third-order valence-electron chi connectivity index (χ3n) is 3.88. The Bertz CT molecular complexity index is 545. The van der Waals surface area contributed by atoms with Crippen molar-refractivity contribution in [2.75, 3.05) is 26.2 Å². The summed E-state index contributed by atoms with van der Waals surface area (Å²) in [6, 6.07) is 0. The van der Waals surface area contributed by atoms with E-state index in [9.17, 15) is 8.42 Å². The van der Waals surface area contributed by atoms with Gasteiger partial charge in [0.15, 0.2) is 0 Å². The molecule has 0 aliphatic carbocycles. The number of piperidine rings is 1. The van der Waals surface area contributed by atoms with E-state index in [2.05, 4.69) is 28.6 Å². The molecule has 1 fully saturated rings. The summed E-state index contributed by atoms with van der Waals surface area (Å²) in [5, 5.41) is 3.89. The standard InChI is InChI=1S/C14H26N4O2S/c1-12-7-13(2)10-18(9-12)6-4-5-16-21(19,20)14-8-15-17(3)11-14/h8,11-13,16H,4-7,9-10H2,1-3H3/t12-,13-/m1/s1. The quantitative estimate of drug-likeness (QED) is 0.798. The molecule has 1 saturated heterocycles. The Morgan fingerprint density at radius 3 is 2.57 bits per heavy atom. The molecule has 6 nitrogen and oxygen atoms in total. The average Bonchev–Trinajstić information content (AvgIpc) is 2.81. The number of nitrogens with zero attached hydrogens (tertiary/aromatic N) is 3. The van der Waals surface area contributed by atoms with E-state index >= 15 is 0 Å². The number of likely N-dealkylation sites (tertiary alicyclic amines) is 1. The van der Waals surface area contributed by atoms with Crippen LogP contribution in [0.2, 0.25) is 0 Å². The molecule has 0 spiro atoms. The van der Waals surface area contributed by atoms with Crippen LogP contribution >= 0.6 is 0 Å². The fourth-order valence-corrected chi connectivity index (χ4v) is 4.16. The van der Waals surface area contributed by atoms with E-state index in [1.54, 1.807) is 7.05 Å². The van der Waals surface area contributed by atoms with Gasteiger partial charge in [0.2, 0.25) is 10.0 Å². The Morgan fingerprint density at radius 1 is 1.33 bits per heavy atom. The molecule has 7 heteroatoms. The first-order valence-corrected chi connectivity index (χ1v) is 9.06. The first-order chi connectivity index (χ1) is 9.87. The predicted octanol–water partition coefficient (Wildman–Crippen LogP) is 1.07. The van der Waals surface area contributed by atoms with Crippen LogP contribution in [0.25, 0.3) is 0 Å². The van der Waals surface area contributed by atoms with Crippen molar-refractivity contribution in [3.63, 3.8) is 0 Å². The molecule has 0 saturated carbocycles. The van der Waals surface area contributed by atoms with Crippen molar-refractivity contribution in [1.82, 2.24) is 19.4 Å². The minimum atomic E-state index is -3.42. The topological polar surface area (TPSA) is 67.2 Å². The van der Waals surface area contributed by atoms with Gasteiger partial charge in [-0.2, -0.15) is 5.10 Å². The van der Waals surface area contributed by atoms with Gasteiger partial charge in [-0.15, -0.1) is 0 Å². The largest absolute Gasteiger partial charge is 0.303 e. The Hall–Kier alpha value is -0.920. The Balaban J connectivity index is 1.74. The van der Waals surface area contributed by atoms with Gasteiger partial charge in [-0.05, 0) is 31.2 Å². The highest BCUT2D eigenvalue weighted by atomic mass is 32.2. The summed E-state index contributed by atoms with van der Waals surface area (Å²) < 4.78 is 28.2. The Morgan fingerprint density at radius 2 is 2.00 bits per heavy atom. The maximum Gasteiger partial charge on any atom is 0.243 e. The zero-order valence-electron chi connectivity index (χ0n) is 13.1. The van der Waals surface area contributed by atoms with Crippen LogP contribution in [0.5, 0.6) is 0 Å². The molecule has 1 aliphatic rings. The Labute approximate surface area is 127 Å². The fourth-order valence-electron chi connectivity index (χ4n) is 3.10. The predicted molar refractivity (Wildman–Crippen MR) is 82.4 cm³/mol. The monoisotopic (exact) mass is 314 g/mol. The highest BCUT2D eigenvalue weighted by Gasteiger charge is 2.21. The van der Waals surface area contributed by atoms with Crippen LogP contribution in [-0.2, 0) is 17.1 Å². The maximum atomic E-state index is 12.0. The molecule has 2 heterocycles. The third kappa shape index (κ3) is 4.79. The molecule has 1 N–H and O–H groups in total. The number of hydrogen-bond donors (Lipinski definition) is 1. The van der Waals surface area contributed by atoms with Crippen LogP contribution in [0.1, 0.15) is 26.7 Å². The van der Waals surface area contributed by atoms with Crippen LogP contribution < -0.4 is 4.72 Å². The van der Waals surface area contributed by atoms with Crippen molar-refractivity contribution in [2.45, 2.75) is 31.6 Å². The Kier molecular flexibility index (Phi) is 5.40. The first-order valence-electron chi connectivity index (χ1n) is 7.57. The highest BCUT2D eigenvalue weighted by molar-refractivity contribution is 7.89. The van der Waals surface area contributed by atoms with Crippen molar-refractivity contribution < 1.29 is 8.42 Å². The van der Waals surface area contributed by atoms with E-state index in [1.807, 2.05) is 0 Å². The van der Waals surface area contributed by atoms with Crippen molar-refractivity contribution >= 4 is 10.0 Å². The molecule has 2 rings (SSSR count). The van der Waals surface area contributed by atoms with Crippen LogP contribution in [0.3, 0.4) is 0 Å². The summed E-state index contributed by atoms with van der Waals surface area (Å²) in [5.41, 5.74) is 0. The third-order valence-corrected chi connectivity index (χ3v) is 5.29. The van der Waals surface area contributed by atoms with E-state index in [-0.39, 0.29) is 4.90 Å². The van der Waals surface area contributed by atoms with Gasteiger partial charge in [0.05, 0.1) is 6.20 Å².